The van der Waals surface area contributed by atoms with E-state index in [4.69, 9.17) is 0 Å². The van der Waals surface area contributed by atoms with Crippen LogP contribution in [0.25, 0.3) is 86.6 Å². The molecule has 10 rings (SSSR count). The van der Waals surface area contributed by atoms with E-state index in [0.29, 0.717) is 0 Å². The van der Waals surface area contributed by atoms with Gasteiger partial charge in [-0.25, -0.2) is 8.78 Å². The number of hydrogen-bond donors (Lipinski definition) is 0. The zero-order valence-electron chi connectivity index (χ0n) is 27.6. The average Bonchev–Trinajstić information content (AvgIpc) is 3.97. The molecule has 0 spiro atoms. The zero-order valence-corrected chi connectivity index (χ0v) is 31.6. The van der Waals surface area contributed by atoms with E-state index in [1.807, 2.05) is 64.4 Å². The summed E-state index contributed by atoms with van der Waals surface area (Å²) >= 11 is 9.13. The predicted octanol–water partition coefficient (Wildman–Crippen LogP) is 16.3. The SMILES string of the molecule is C=C/C(F)=C\C(=C/C)c1ccc2c(c1)sc1c3cc4cc5sc6c7ccc(-c8cccc(F)c8)cc7sc6c5cc4cc3sc21.Cc1cccs1. The Kier molecular flexibility index (Phi) is 8.21. The second-order valence-corrected chi connectivity index (χ2v) is 17.8. The Balaban J connectivity index is 0.000000529. The monoisotopic (exact) mass is 754 g/mol. The molecule has 0 amide bonds. The number of benzene rings is 5. The molecule has 7 heteroatoms. The van der Waals surface area contributed by atoms with Crippen LogP contribution in [0.4, 0.5) is 8.78 Å². The van der Waals surface area contributed by atoms with Crippen molar-refractivity contribution in [2.75, 3.05) is 0 Å². The van der Waals surface area contributed by atoms with Gasteiger partial charge in [-0.15, -0.1) is 56.7 Å². The summed E-state index contributed by atoms with van der Waals surface area (Å²) in [5.41, 5.74) is 3.79. The maximum atomic E-state index is 14.0. The minimum absolute atomic E-state index is 0.215. The first-order valence-electron chi connectivity index (χ1n) is 16.4. The van der Waals surface area contributed by atoms with E-state index in [1.54, 1.807) is 23.5 Å². The predicted molar refractivity (Wildman–Crippen MR) is 228 cm³/mol. The van der Waals surface area contributed by atoms with Gasteiger partial charge in [0.2, 0.25) is 0 Å². The minimum Gasteiger partial charge on any atom is -0.207 e. The Morgan fingerprint density at radius 3 is 1.76 bits per heavy atom. The van der Waals surface area contributed by atoms with Crippen LogP contribution in [-0.4, -0.2) is 0 Å². The molecule has 0 radical (unpaired) electrons. The van der Waals surface area contributed by atoms with E-state index in [2.05, 4.69) is 91.7 Å². The summed E-state index contributed by atoms with van der Waals surface area (Å²) in [5.74, 6) is -0.552. The highest BCUT2D eigenvalue weighted by Gasteiger charge is 2.17. The fourth-order valence-corrected chi connectivity index (χ4v) is 12.6. The molecule has 0 N–H and O–H groups in total. The smallest absolute Gasteiger partial charge is 0.123 e. The van der Waals surface area contributed by atoms with Crippen LogP contribution in [0.5, 0.6) is 0 Å². The van der Waals surface area contributed by atoms with Crippen molar-refractivity contribution < 1.29 is 8.78 Å². The van der Waals surface area contributed by atoms with Crippen LogP contribution < -0.4 is 0 Å². The summed E-state index contributed by atoms with van der Waals surface area (Å²) in [6.07, 6.45) is 4.71. The molecule has 0 saturated heterocycles. The molecule has 0 aliphatic carbocycles. The number of rotatable bonds is 4. The Morgan fingerprint density at radius 1 is 0.627 bits per heavy atom. The molecule has 51 heavy (non-hydrogen) atoms. The molecular formula is C44H28F2S5. The fraction of sp³-hybridized carbons (Fsp3) is 0.0455. The van der Waals surface area contributed by atoms with Crippen molar-refractivity contribution in [2.45, 2.75) is 13.8 Å². The molecule has 0 aliphatic rings. The molecule has 5 aromatic carbocycles. The molecule has 0 fully saturated rings. The second kappa shape index (κ2) is 12.9. The second-order valence-electron chi connectivity index (χ2n) is 12.4. The summed E-state index contributed by atoms with van der Waals surface area (Å²) in [5, 5.41) is 9.68. The van der Waals surface area contributed by atoms with Gasteiger partial charge in [0.15, 0.2) is 0 Å². The van der Waals surface area contributed by atoms with Crippen LogP contribution in [-0.2, 0) is 0 Å². The molecule has 248 valence electrons. The number of fused-ring (bicyclic) bond motifs is 11. The Morgan fingerprint density at radius 2 is 1.22 bits per heavy atom. The van der Waals surface area contributed by atoms with Crippen molar-refractivity contribution in [1.82, 2.24) is 0 Å². The first kappa shape index (κ1) is 32.4. The maximum Gasteiger partial charge on any atom is 0.123 e. The van der Waals surface area contributed by atoms with Crippen molar-refractivity contribution in [3.8, 4) is 11.1 Å². The van der Waals surface area contributed by atoms with Crippen LogP contribution in [0.1, 0.15) is 17.4 Å². The molecule has 0 bridgehead atoms. The Labute approximate surface area is 313 Å². The van der Waals surface area contributed by atoms with Gasteiger partial charge >= 0.3 is 0 Å². The Bertz CT molecular complexity index is 3030. The normalized spacial score (nSPS) is 12.6. The van der Waals surface area contributed by atoms with E-state index in [0.717, 1.165) is 22.3 Å². The Hall–Kier alpha value is -4.50. The van der Waals surface area contributed by atoms with E-state index < -0.39 is 0 Å². The van der Waals surface area contributed by atoms with Crippen molar-refractivity contribution >= 4 is 132 Å². The van der Waals surface area contributed by atoms with Crippen molar-refractivity contribution in [1.29, 1.82) is 0 Å². The van der Waals surface area contributed by atoms with Gasteiger partial charge in [0.25, 0.3) is 0 Å². The van der Waals surface area contributed by atoms with E-state index in [1.165, 1.54) is 93.0 Å². The largest absolute Gasteiger partial charge is 0.207 e. The van der Waals surface area contributed by atoms with Gasteiger partial charge in [0, 0.05) is 45.2 Å². The van der Waals surface area contributed by atoms with Crippen LogP contribution in [0.2, 0.25) is 0 Å². The lowest BCUT2D eigenvalue weighted by Crippen LogP contribution is -1.81. The lowest BCUT2D eigenvalue weighted by Gasteiger charge is -2.03. The molecule has 0 atom stereocenters. The highest BCUT2D eigenvalue weighted by atomic mass is 32.1. The van der Waals surface area contributed by atoms with Crippen LogP contribution in [0.3, 0.4) is 0 Å². The first-order valence-corrected chi connectivity index (χ1v) is 20.5. The third kappa shape index (κ3) is 5.74. The van der Waals surface area contributed by atoms with Gasteiger partial charge in [0.05, 0.1) is 18.8 Å². The number of aryl methyl sites for hydroxylation is 1. The van der Waals surface area contributed by atoms with Gasteiger partial charge in [-0.05, 0) is 119 Å². The molecular weight excluding hydrogens is 727 g/mol. The molecule has 10 aromatic rings. The zero-order chi connectivity index (χ0) is 34.8. The lowest BCUT2D eigenvalue weighted by atomic mass is 10.0. The van der Waals surface area contributed by atoms with Gasteiger partial charge in [-0.3, -0.25) is 0 Å². The summed E-state index contributed by atoms with van der Waals surface area (Å²) < 4.78 is 38.2. The van der Waals surface area contributed by atoms with Crippen molar-refractivity contribution in [2.24, 2.45) is 0 Å². The molecule has 0 nitrogen and oxygen atoms in total. The molecule has 0 unspecified atom stereocenters. The highest BCUT2D eigenvalue weighted by Crippen LogP contribution is 2.49. The number of halogens is 2. The maximum absolute atomic E-state index is 14.0. The van der Waals surface area contributed by atoms with E-state index in [9.17, 15) is 8.78 Å². The van der Waals surface area contributed by atoms with Crippen molar-refractivity contribution in [3.05, 3.63) is 149 Å². The molecule has 0 saturated carbocycles. The van der Waals surface area contributed by atoms with Crippen LogP contribution in [0.15, 0.2) is 133 Å². The van der Waals surface area contributed by atoms with E-state index >= 15 is 0 Å². The fourth-order valence-electron chi connectivity index (χ4n) is 6.68. The summed E-state index contributed by atoms with van der Waals surface area (Å²) in [4.78, 5) is 1.38. The number of allylic oxidation sites excluding steroid dienone is 5. The van der Waals surface area contributed by atoms with Gasteiger partial charge < -0.3 is 0 Å². The van der Waals surface area contributed by atoms with Crippen molar-refractivity contribution in [3.63, 3.8) is 0 Å². The van der Waals surface area contributed by atoms with Gasteiger partial charge in [0.1, 0.15) is 11.6 Å². The quantitative estimate of drug-likeness (QED) is 0.157. The van der Waals surface area contributed by atoms with E-state index in [-0.39, 0.29) is 11.6 Å². The third-order valence-corrected chi connectivity index (χ3v) is 15.0. The summed E-state index contributed by atoms with van der Waals surface area (Å²) in [6, 6.07) is 33.3. The van der Waals surface area contributed by atoms with Gasteiger partial charge in [-0.2, -0.15) is 0 Å². The summed E-state index contributed by atoms with van der Waals surface area (Å²) in [6.45, 7) is 7.57. The lowest BCUT2D eigenvalue weighted by molar-refractivity contribution is 0.628. The standard InChI is InChI=1S/C39H22F2S4.C5H6S/c1-3-20(12-26(40)4-2)22-8-10-28-32(16-22)42-38-30-14-24-19-35-31(15-25(24)18-34(30)44-36(28)38)39-37(45-35)29-11-9-23(17-33(29)43-39)21-6-5-7-27(41)13-21;1-5-3-2-4-6-5/h3-19H,2H2,1H3;2-4H,1H3/b20-3+,26-12+;. The average molecular weight is 755 g/mol. The molecule has 0 aliphatic heterocycles. The minimum atomic E-state index is -0.337. The highest BCUT2D eigenvalue weighted by molar-refractivity contribution is 7.37. The third-order valence-electron chi connectivity index (χ3n) is 9.19. The molecule has 5 aromatic heterocycles. The summed E-state index contributed by atoms with van der Waals surface area (Å²) in [7, 11) is 0. The number of thiophene rings is 5. The van der Waals surface area contributed by atoms with Gasteiger partial charge in [-0.1, -0.05) is 55.1 Å². The number of hydrogen-bond acceptors (Lipinski definition) is 5. The van der Waals surface area contributed by atoms with Crippen LogP contribution in [0, 0.1) is 12.7 Å². The topological polar surface area (TPSA) is 0 Å². The first-order chi connectivity index (χ1) is 24.9. The van der Waals surface area contributed by atoms with Crippen LogP contribution >= 0.6 is 56.7 Å². The molecule has 5 heterocycles.